The minimum atomic E-state index is -0.271. The second-order valence-electron chi connectivity index (χ2n) is 4.12. The van der Waals surface area contributed by atoms with Crippen LogP contribution in [-0.4, -0.2) is 42.8 Å². The van der Waals surface area contributed by atoms with E-state index >= 15 is 0 Å². The van der Waals surface area contributed by atoms with Crippen LogP contribution in [0.1, 0.15) is 11.6 Å². The number of nitrogens with zero attached hydrogens (tertiary/aromatic N) is 1. The maximum Gasteiger partial charge on any atom is 0.129 e. The summed E-state index contributed by atoms with van der Waals surface area (Å²) >= 11 is 3.36. The third-order valence-electron chi connectivity index (χ3n) is 3.10. The number of aliphatic hydroxyl groups is 1. The minimum absolute atomic E-state index is 0. The molecule has 6 heteroatoms. The maximum atomic E-state index is 13.9. The van der Waals surface area contributed by atoms with Crippen LogP contribution in [0, 0.1) is 5.82 Å². The fourth-order valence-electron chi connectivity index (χ4n) is 2.21. The third kappa shape index (κ3) is 3.42. The van der Waals surface area contributed by atoms with Crippen molar-refractivity contribution in [2.75, 3.05) is 32.8 Å². The lowest BCUT2D eigenvalue weighted by atomic mass is 10.0. The number of rotatable bonds is 3. The fourth-order valence-corrected chi connectivity index (χ4v) is 2.82. The zero-order valence-corrected chi connectivity index (χ0v) is 12.3. The molecule has 2 N–H and O–H groups in total. The van der Waals surface area contributed by atoms with E-state index < -0.39 is 0 Å². The molecule has 1 heterocycles. The van der Waals surface area contributed by atoms with Gasteiger partial charge in [-0.2, -0.15) is 0 Å². The Hall–Kier alpha value is -0.200. The Labute approximate surface area is 121 Å². The van der Waals surface area contributed by atoms with Crippen molar-refractivity contribution in [2.24, 2.45) is 0 Å². The Morgan fingerprint density at radius 2 is 2.06 bits per heavy atom. The minimum Gasteiger partial charge on any atom is -0.394 e. The molecule has 1 aromatic rings. The number of benzene rings is 1. The van der Waals surface area contributed by atoms with E-state index in [9.17, 15) is 9.50 Å². The van der Waals surface area contributed by atoms with Gasteiger partial charge in [-0.1, -0.05) is 22.0 Å². The molecule has 1 fully saturated rings. The molecule has 0 bridgehead atoms. The summed E-state index contributed by atoms with van der Waals surface area (Å²) in [7, 11) is 0. The van der Waals surface area contributed by atoms with Gasteiger partial charge in [0.1, 0.15) is 5.82 Å². The van der Waals surface area contributed by atoms with Gasteiger partial charge in [0.2, 0.25) is 0 Å². The van der Waals surface area contributed by atoms with Crippen molar-refractivity contribution in [2.45, 2.75) is 6.04 Å². The van der Waals surface area contributed by atoms with Crippen LogP contribution in [0.25, 0.3) is 0 Å². The van der Waals surface area contributed by atoms with Crippen molar-refractivity contribution < 1.29 is 9.50 Å². The van der Waals surface area contributed by atoms with Gasteiger partial charge in [-0.15, -0.1) is 12.4 Å². The summed E-state index contributed by atoms with van der Waals surface area (Å²) in [5.41, 5.74) is 0.553. The van der Waals surface area contributed by atoms with E-state index in [1.807, 2.05) is 6.07 Å². The van der Waals surface area contributed by atoms with Crippen LogP contribution in [0.15, 0.2) is 22.7 Å². The first kappa shape index (κ1) is 15.9. The van der Waals surface area contributed by atoms with Crippen molar-refractivity contribution in [3.05, 3.63) is 34.1 Å². The van der Waals surface area contributed by atoms with Crippen molar-refractivity contribution in [1.82, 2.24) is 10.2 Å². The molecule has 0 aromatic heterocycles. The number of nitrogens with one attached hydrogen (secondary N) is 1. The van der Waals surface area contributed by atoms with Gasteiger partial charge in [0.25, 0.3) is 0 Å². The highest BCUT2D eigenvalue weighted by molar-refractivity contribution is 9.10. The summed E-state index contributed by atoms with van der Waals surface area (Å²) in [6.45, 7) is 3.34. The number of hydrogen-bond acceptors (Lipinski definition) is 3. The fraction of sp³-hybridized carbons (Fsp3) is 0.500. The van der Waals surface area contributed by atoms with E-state index in [0.29, 0.717) is 5.56 Å². The van der Waals surface area contributed by atoms with E-state index in [-0.39, 0.29) is 30.9 Å². The number of halogens is 3. The molecular formula is C12H17BrClFN2O. The molecular weight excluding hydrogens is 323 g/mol. The summed E-state index contributed by atoms with van der Waals surface area (Å²) in [5, 5.41) is 12.8. The molecule has 102 valence electrons. The molecule has 1 aliphatic rings. The largest absolute Gasteiger partial charge is 0.394 e. The van der Waals surface area contributed by atoms with Gasteiger partial charge in [0.15, 0.2) is 0 Å². The van der Waals surface area contributed by atoms with Gasteiger partial charge < -0.3 is 10.4 Å². The molecule has 3 nitrogen and oxygen atoms in total. The number of hydrogen-bond donors (Lipinski definition) is 2. The molecule has 1 aliphatic heterocycles. The van der Waals surface area contributed by atoms with Gasteiger partial charge >= 0.3 is 0 Å². The lowest BCUT2D eigenvalue weighted by Crippen LogP contribution is -2.46. The molecule has 1 aromatic carbocycles. The predicted molar refractivity (Wildman–Crippen MR) is 75.6 cm³/mol. The average molecular weight is 340 g/mol. The average Bonchev–Trinajstić information content (AvgIpc) is 2.35. The molecule has 18 heavy (non-hydrogen) atoms. The van der Waals surface area contributed by atoms with Crippen LogP contribution >= 0.6 is 28.3 Å². The van der Waals surface area contributed by atoms with E-state index in [2.05, 4.69) is 26.1 Å². The quantitative estimate of drug-likeness (QED) is 0.883. The van der Waals surface area contributed by atoms with Crippen LogP contribution in [0.2, 0.25) is 0 Å². The highest BCUT2D eigenvalue weighted by atomic mass is 79.9. The number of piperazine rings is 1. The van der Waals surface area contributed by atoms with E-state index in [0.717, 1.165) is 30.7 Å². The lowest BCUT2D eigenvalue weighted by molar-refractivity contribution is 0.108. The van der Waals surface area contributed by atoms with Crippen molar-refractivity contribution in [3.63, 3.8) is 0 Å². The molecule has 0 amide bonds. The highest BCUT2D eigenvalue weighted by Crippen LogP contribution is 2.30. The summed E-state index contributed by atoms with van der Waals surface area (Å²) in [6.07, 6.45) is 0. The maximum absolute atomic E-state index is 13.9. The van der Waals surface area contributed by atoms with Crippen LogP contribution in [-0.2, 0) is 0 Å². The number of aliphatic hydroxyl groups excluding tert-OH is 1. The zero-order chi connectivity index (χ0) is 12.3. The molecule has 1 atom stereocenters. The van der Waals surface area contributed by atoms with Crippen LogP contribution in [0.5, 0.6) is 0 Å². The first-order chi connectivity index (χ1) is 8.24. The normalized spacial score (nSPS) is 18.2. The third-order valence-corrected chi connectivity index (χ3v) is 3.79. The summed E-state index contributed by atoms with van der Waals surface area (Å²) in [4.78, 5) is 2.11. The Morgan fingerprint density at radius 1 is 1.39 bits per heavy atom. The lowest BCUT2D eigenvalue weighted by Gasteiger charge is -2.34. The predicted octanol–water partition coefficient (Wildman–Crippen LogP) is 1.95. The monoisotopic (exact) mass is 338 g/mol. The zero-order valence-electron chi connectivity index (χ0n) is 9.90. The van der Waals surface area contributed by atoms with Crippen LogP contribution in [0.3, 0.4) is 0 Å². The second kappa shape index (κ2) is 7.40. The van der Waals surface area contributed by atoms with Crippen molar-refractivity contribution in [1.29, 1.82) is 0 Å². The Bertz CT molecular complexity index is 368. The molecule has 1 saturated heterocycles. The van der Waals surface area contributed by atoms with Crippen LogP contribution < -0.4 is 5.32 Å². The Morgan fingerprint density at radius 3 is 2.61 bits per heavy atom. The molecule has 0 spiro atoms. The van der Waals surface area contributed by atoms with Gasteiger partial charge in [-0.3, -0.25) is 4.90 Å². The van der Waals surface area contributed by atoms with Gasteiger partial charge in [0, 0.05) is 36.2 Å². The topological polar surface area (TPSA) is 35.5 Å². The highest BCUT2D eigenvalue weighted by Gasteiger charge is 2.25. The van der Waals surface area contributed by atoms with E-state index in [1.54, 1.807) is 6.07 Å². The van der Waals surface area contributed by atoms with Gasteiger partial charge in [-0.25, -0.2) is 4.39 Å². The van der Waals surface area contributed by atoms with Crippen LogP contribution in [0.4, 0.5) is 4.39 Å². The van der Waals surface area contributed by atoms with Crippen molar-refractivity contribution in [3.8, 4) is 0 Å². The Kier molecular flexibility index (Phi) is 6.52. The SMILES string of the molecule is Cl.OC[C@H](c1c(F)cccc1Br)N1CCNCC1. The molecule has 0 radical (unpaired) electrons. The second-order valence-corrected chi connectivity index (χ2v) is 4.97. The summed E-state index contributed by atoms with van der Waals surface area (Å²) < 4.78 is 14.6. The van der Waals surface area contributed by atoms with E-state index in [4.69, 9.17) is 0 Å². The van der Waals surface area contributed by atoms with E-state index in [1.165, 1.54) is 6.07 Å². The van der Waals surface area contributed by atoms with Gasteiger partial charge in [-0.05, 0) is 12.1 Å². The van der Waals surface area contributed by atoms with Crippen molar-refractivity contribution >= 4 is 28.3 Å². The molecule has 0 saturated carbocycles. The first-order valence-corrected chi connectivity index (χ1v) is 6.53. The smallest absolute Gasteiger partial charge is 0.129 e. The molecule has 2 rings (SSSR count). The Balaban J connectivity index is 0.00000162. The summed E-state index contributed by atoms with van der Waals surface area (Å²) in [5.74, 6) is -0.267. The first-order valence-electron chi connectivity index (χ1n) is 5.73. The molecule has 0 unspecified atom stereocenters. The van der Waals surface area contributed by atoms with Gasteiger partial charge in [0.05, 0.1) is 12.6 Å². The summed E-state index contributed by atoms with van der Waals surface area (Å²) in [6, 6.07) is 4.64. The molecule has 0 aliphatic carbocycles. The standard InChI is InChI=1S/C12H16BrFN2O.ClH/c13-9-2-1-3-10(14)12(9)11(8-17)16-6-4-15-5-7-16;/h1-3,11,15,17H,4-8H2;1H/t11-;/m1./s1.